The van der Waals surface area contributed by atoms with Crippen LogP contribution in [0.1, 0.15) is 22.8 Å². The second-order valence-electron chi connectivity index (χ2n) is 4.02. The van der Waals surface area contributed by atoms with Crippen molar-refractivity contribution in [2.45, 2.75) is 20.0 Å². The van der Waals surface area contributed by atoms with Gasteiger partial charge in [0.2, 0.25) is 0 Å². The van der Waals surface area contributed by atoms with Gasteiger partial charge in [-0.3, -0.25) is 0 Å². The molecular weight excluding hydrogens is 210 g/mol. The van der Waals surface area contributed by atoms with Crippen molar-refractivity contribution in [1.82, 2.24) is 5.32 Å². The molecule has 15 heavy (non-hydrogen) atoms. The van der Waals surface area contributed by atoms with Crippen molar-refractivity contribution in [3.8, 4) is 0 Å². The highest BCUT2D eigenvalue weighted by Crippen LogP contribution is 2.27. The van der Waals surface area contributed by atoms with Gasteiger partial charge in [0, 0.05) is 18.1 Å². The quantitative estimate of drug-likeness (QED) is 0.794. The summed E-state index contributed by atoms with van der Waals surface area (Å²) >= 11 is 6.13. The van der Waals surface area contributed by atoms with E-state index in [0.29, 0.717) is 0 Å². The van der Waals surface area contributed by atoms with Gasteiger partial charge < -0.3 is 10.1 Å². The van der Waals surface area contributed by atoms with Gasteiger partial charge in [-0.1, -0.05) is 17.7 Å². The van der Waals surface area contributed by atoms with Gasteiger partial charge in [-0.25, -0.2) is 0 Å². The van der Waals surface area contributed by atoms with E-state index in [2.05, 4.69) is 18.3 Å². The fourth-order valence-corrected chi connectivity index (χ4v) is 2.13. The van der Waals surface area contributed by atoms with Crippen molar-refractivity contribution in [3.05, 3.63) is 33.8 Å². The number of hydrogen-bond donors (Lipinski definition) is 1. The molecule has 1 aromatic carbocycles. The molecule has 0 bridgehead atoms. The molecule has 3 heteroatoms. The summed E-state index contributed by atoms with van der Waals surface area (Å²) in [6, 6.07) is 4.15. The molecular formula is C12H16ClNO. The molecule has 0 radical (unpaired) electrons. The van der Waals surface area contributed by atoms with E-state index in [1.165, 1.54) is 11.1 Å². The Hall–Kier alpha value is -0.570. The third kappa shape index (κ3) is 2.33. The molecule has 0 spiro atoms. The van der Waals surface area contributed by atoms with Crippen LogP contribution in [0.3, 0.4) is 0 Å². The second-order valence-corrected chi connectivity index (χ2v) is 4.43. The average Bonchev–Trinajstić information content (AvgIpc) is 2.25. The van der Waals surface area contributed by atoms with Crippen molar-refractivity contribution in [2.24, 2.45) is 0 Å². The lowest BCUT2D eigenvalue weighted by atomic mass is 10.0. The van der Waals surface area contributed by atoms with E-state index in [1.807, 2.05) is 13.0 Å². The molecule has 1 heterocycles. The summed E-state index contributed by atoms with van der Waals surface area (Å²) < 4.78 is 5.72. The van der Waals surface area contributed by atoms with Crippen molar-refractivity contribution >= 4 is 11.6 Å². The second kappa shape index (κ2) is 4.52. The van der Waals surface area contributed by atoms with Gasteiger partial charge in [-0.05, 0) is 36.6 Å². The first-order valence-electron chi connectivity index (χ1n) is 5.27. The molecule has 82 valence electrons. The molecule has 2 rings (SSSR count). The Morgan fingerprint density at radius 2 is 2.13 bits per heavy atom. The highest BCUT2D eigenvalue weighted by atomic mass is 35.5. The maximum atomic E-state index is 6.13. The fraction of sp³-hybridized carbons (Fsp3) is 0.500. The highest BCUT2D eigenvalue weighted by Gasteiger charge is 2.18. The molecule has 1 aliphatic rings. The zero-order chi connectivity index (χ0) is 10.8. The normalized spacial score (nSPS) is 21.7. The van der Waals surface area contributed by atoms with E-state index < -0.39 is 0 Å². The van der Waals surface area contributed by atoms with Crippen molar-refractivity contribution in [2.75, 3.05) is 19.7 Å². The van der Waals surface area contributed by atoms with Gasteiger partial charge in [0.15, 0.2) is 0 Å². The number of aryl methyl sites for hydroxylation is 2. The first kappa shape index (κ1) is 10.9. The van der Waals surface area contributed by atoms with Crippen LogP contribution in [0.2, 0.25) is 5.02 Å². The maximum absolute atomic E-state index is 6.13. The zero-order valence-electron chi connectivity index (χ0n) is 9.14. The molecule has 1 fully saturated rings. The lowest BCUT2D eigenvalue weighted by Crippen LogP contribution is -2.33. The summed E-state index contributed by atoms with van der Waals surface area (Å²) in [4.78, 5) is 0. The van der Waals surface area contributed by atoms with Crippen LogP contribution < -0.4 is 5.32 Å². The van der Waals surface area contributed by atoms with E-state index in [1.54, 1.807) is 0 Å². The maximum Gasteiger partial charge on any atom is 0.0952 e. The van der Waals surface area contributed by atoms with Crippen LogP contribution in [0.5, 0.6) is 0 Å². The van der Waals surface area contributed by atoms with E-state index >= 15 is 0 Å². The fourth-order valence-electron chi connectivity index (χ4n) is 1.95. The summed E-state index contributed by atoms with van der Waals surface area (Å²) in [6.07, 6.45) is 0.150. The monoisotopic (exact) mass is 225 g/mol. The minimum atomic E-state index is 0.150. The van der Waals surface area contributed by atoms with Gasteiger partial charge in [0.25, 0.3) is 0 Å². The standard InChI is InChI=1S/C12H16ClNO/c1-8-5-9(2)11(13)6-10(8)12-7-14-3-4-15-12/h5-6,12,14H,3-4,7H2,1-2H3. The first-order valence-corrected chi connectivity index (χ1v) is 5.65. The van der Waals surface area contributed by atoms with Crippen LogP contribution in [0, 0.1) is 13.8 Å². The molecule has 1 aromatic rings. The Morgan fingerprint density at radius 1 is 1.33 bits per heavy atom. The topological polar surface area (TPSA) is 21.3 Å². The summed E-state index contributed by atoms with van der Waals surface area (Å²) in [7, 11) is 0. The van der Waals surface area contributed by atoms with Crippen LogP contribution in [0.4, 0.5) is 0 Å². The predicted molar refractivity (Wildman–Crippen MR) is 62.5 cm³/mol. The number of halogens is 1. The van der Waals surface area contributed by atoms with Crippen LogP contribution in [-0.2, 0) is 4.74 Å². The minimum absolute atomic E-state index is 0.150. The van der Waals surface area contributed by atoms with Gasteiger partial charge in [0.1, 0.15) is 0 Å². The molecule has 1 unspecified atom stereocenters. The smallest absolute Gasteiger partial charge is 0.0952 e. The van der Waals surface area contributed by atoms with Gasteiger partial charge in [-0.15, -0.1) is 0 Å². The molecule has 1 aliphatic heterocycles. The average molecular weight is 226 g/mol. The largest absolute Gasteiger partial charge is 0.371 e. The Bertz CT molecular complexity index is 359. The lowest BCUT2D eigenvalue weighted by molar-refractivity contribution is 0.0273. The van der Waals surface area contributed by atoms with Gasteiger partial charge in [-0.2, -0.15) is 0 Å². The number of nitrogens with one attached hydrogen (secondary N) is 1. The Labute approximate surface area is 95.6 Å². The molecule has 1 saturated heterocycles. The Balaban J connectivity index is 2.30. The summed E-state index contributed by atoms with van der Waals surface area (Å²) in [6.45, 7) is 6.72. The van der Waals surface area contributed by atoms with E-state index in [9.17, 15) is 0 Å². The van der Waals surface area contributed by atoms with Crippen LogP contribution >= 0.6 is 11.6 Å². The number of morpholine rings is 1. The van der Waals surface area contributed by atoms with Crippen molar-refractivity contribution < 1.29 is 4.74 Å². The molecule has 0 saturated carbocycles. The van der Waals surface area contributed by atoms with Crippen LogP contribution in [0.15, 0.2) is 12.1 Å². The molecule has 1 N–H and O–H groups in total. The van der Waals surface area contributed by atoms with Crippen molar-refractivity contribution in [1.29, 1.82) is 0 Å². The first-order chi connectivity index (χ1) is 7.18. The van der Waals surface area contributed by atoms with E-state index in [0.717, 1.165) is 30.3 Å². The zero-order valence-corrected chi connectivity index (χ0v) is 9.90. The summed E-state index contributed by atoms with van der Waals surface area (Å²) in [5, 5.41) is 4.15. The number of rotatable bonds is 1. The third-order valence-electron chi connectivity index (χ3n) is 2.82. The summed E-state index contributed by atoms with van der Waals surface area (Å²) in [5.41, 5.74) is 3.59. The number of ether oxygens (including phenoxy) is 1. The SMILES string of the molecule is Cc1cc(C)c(C2CNCCO2)cc1Cl. The molecule has 0 amide bonds. The Morgan fingerprint density at radius 3 is 2.80 bits per heavy atom. The molecule has 1 atom stereocenters. The van der Waals surface area contributed by atoms with Crippen molar-refractivity contribution in [3.63, 3.8) is 0 Å². The third-order valence-corrected chi connectivity index (χ3v) is 3.23. The number of hydrogen-bond acceptors (Lipinski definition) is 2. The van der Waals surface area contributed by atoms with E-state index in [-0.39, 0.29) is 6.10 Å². The molecule has 0 aromatic heterocycles. The predicted octanol–water partition coefficient (Wildman–Crippen LogP) is 2.62. The van der Waals surface area contributed by atoms with E-state index in [4.69, 9.17) is 16.3 Å². The van der Waals surface area contributed by atoms with Crippen LogP contribution in [-0.4, -0.2) is 19.7 Å². The summed E-state index contributed by atoms with van der Waals surface area (Å²) in [5.74, 6) is 0. The van der Waals surface area contributed by atoms with Crippen LogP contribution in [0.25, 0.3) is 0 Å². The van der Waals surface area contributed by atoms with Gasteiger partial charge in [0.05, 0.1) is 12.7 Å². The van der Waals surface area contributed by atoms with Gasteiger partial charge >= 0.3 is 0 Å². The highest BCUT2D eigenvalue weighted by molar-refractivity contribution is 6.31. The molecule has 2 nitrogen and oxygen atoms in total. The molecule has 0 aliphatic carbocycles. The Kier molecular flexibility index (Phi) is 3.29. The number of benzene rings is 1. The minimum Gasteiger partial charge on any atom is -0.371 e. The lowest BCUT2D eigenvalue weighted by Gasteiger charge is -2.25.